The molecule has 2 saturated heterocycles. The van der Waals surface area contributed by atoms with Gasteiger partial charge in [-0.1, -0.05) is 0 Å². The van der Waals surface area contributed by atoms with E-state index in [9.17, 15) is 5.11 Å². The molecule has 1 spiro atoms. The zero-order chi connectivity index (χ0) is 10.9. The Morgan fingerprint density at radius 3 is 2.53 bits per heavy atom. The predicted molar refractivity (Wildman–Crippen MR) is 61.9 cm³/mol. The Bertz CT molecular complexity index is 216. The molecule has 0 bridgehead atoms. The molecule has 0 amide bonds. The average Bonchev–Trinajstić information content (AvgIpc) is 2.47. The lowest BCUT2D eigenvalue weighted by Gasteiger charge is -2.34. The molecule has 0 aromatic carbocycles. The van der Waals surface area contributed by atoms with Gasteiger partial charge < -0.3 is 10.4 Å². The number of aliphatic hydroxyl groups is 1. The molecule has 88 valence electrons. The van der Waals surface area contributed by atoms with E-state index in [2.05, 4.69) is 10.2 Å². The summed E-state index contributed by atoms with van der Waals surface area (Å²) in [5, 5.41) is 13.2. The van der Waals surface area contributed by atoms with E-state index in [-0.39, 0.29) is 0 Å². The van der Waals surface area contributed by atoms with Gasteiger partial charge in [-0.25, -0.2) is 0 Å². The van der Waals surface area contributed by atoms with Crippen LogP contribution < -0.4 is 5.32 Å². The van der Waals surface area contributed by atoms with E-state index in [0.29, 0.717) is 5.41 Å². The normalized spacial score (nSPS) is 27.4. The summed E-state index contributed by atoms with van der Waals surface area (Å²) in [6.07, 6.45) is 3.95. The van der Waals surface area contributed by atoms with Gasteiger partial charge in [-0.2, -0.15) is 0 Å². The van der Waals surface area contributed by atoms with Crippen LogP contribution in [-0.2, 0) is 0 Å². The highest BCUT2D eigenvalue weighted by Crippen LogP contribution is 2.38. The second kappa shape index (κ2) is 4.04. The fraction of sp³-hybridized carbons (Fsp3) is 1.00. The summed E-state index contributed by atoms with van der Waals surface area (Å²) in [5.41, 5.74) is 0.0228. The quantitative estimate of drug-likeness (QED) is 0.712. The van der Waals surface area contributed by atoms with Crippen LogP contribution in [0.3, 0.4) is 0 Å². The molecule has 2 fully saturated rings. The van der Waals surface area contributed by atoms with Gasteiger partial charge in [-0.3, -0.25) is 4.90 Å². The fourth-order valence-electron chi connectivity index (χ4n) is 3.08. The smallest absolute Gasteiger partial charge is 0.0718 e. The maximum atomic E-state index is 9.81. The molecule has 0 saturated carbocycles. The first-order valence-electron chi connectivity index (χ1n) is 6.15. The van der Waals surface area contributed by atoms with Gasteiger partial charge >= 0.3 is 0 Å². The first-order chi connectivity index (χ1) is 6.99. The molecule has 15 heavy (non-hydrogen) atoms. The van der Waals surface area contributed by atoms with E-state index < -0.39 is 5.60 Å². The molecule has 2 aliphatic rings. The standard InChI is InChI=1S/C12H24N2O/c1-11(2,15)9-14-8-5-12(10-14)3-6-13-7-4-12/h13,15H,3-10H2,1-2H3. The van der Waals surface area contributed by atoms with Crippen LogP contribution in [0.25, 0.3) is 0 Å². The van der Waals surface area contributed by atoms with Crippen LogP contribution in [0.15, 0.2) is 0 Å². The molecule has 0 aliphatic carbocycles. The van der Waals surface area contributed by atoms with E-state index in [0.717, 1.165) is 6.54 Å². The Kier molecular flexibility index (Phi) is 3.06. The van der Waals surface area contributed by atoms with Crippen LogP contribution in [0.1, 0.15) is 33.1 Å². The highest BCUT2D eigenvalue weighted by molar-refractivity contribution is 4.94. The van der Waals surface area contributed by atoms with Crippen LogP contribution in [0.2, 0.25) is 0 Å². The number of likely N-dealkylation sites (tertiary alicyclic amines) is 1. The summed E-state index contributed by atoms with van der Waals surface area (Å²) < 4.78 is 0. The topological polar surface area (TPSA) is 35.5 Å². The lowest BCUT2D eigenvalue weighted by molar-refractivity contribution is 0.0387. The zero-order valence-corrected chi connectivity index (χ0v) is 10.1. The average molecular weight is 212 g/mol. The maximum absolute atomic E-state index is 9.81. The highest BCUT2D eigenvalue weighted by Gasteiger charge is 2.39. The van der Waals surface area contributed by atoms with Crippen LogP contribution in [0.5, 0.6) is 0 Å². The highest BCUT2D eigenvalue weighted by atomic mass is 16.3. The largest absolute Gasteiger partial charge is 0.389 e. The number of hydrogen-bond donors (Lipinski definition) is 2. The molecular formula is C12H24N2O. The van der Waals surface area contributed by atoms with Crippen molar-refractivity contribution in [3.05, 3.63) is 0 Å². The minimum Gasteiger partial charge on any atom is -0.389 e. The monoisotopic (exact) mass is 212 g/mol. The Labute approximate surface area is 92.8 Å². The summed E-state index contributed by atoms with van der Waals surface area (Å²) in [6.45, 7) is 9.35. The van der Waals surface area contributed by atoms with Crippen molar-refractivity contribution in [1.29, 1.82) is 0 Å². The lowest BCUT2D eigenvalue weighted by Crippen LogP contribution is -2.41. The molecule has 2 aliphatic heterocycles. The van der Waals surface area contributed by atoms with Gasteiger partial charge in [0.05, 0.1) is 5.60 Å². The van der Waals surface area contributed by atoms with Crippen molar-refractivity contribution < 1.29 is 5.11 Å². The Morgan fingerprint density at radius 1 is 1.27 bits per heavy atom. The van der Waals surface area contributed by atoms with E-state index in [1.165, 1.54) is 45.4 Å². The fourth-order valence-corrected chi connectivity index (χ4v) is 3.08. The molecular weight excluding hydrogens is 188 g/mol. The van der Waals surface area contributed by atoms with Gasteiger partial charge in [0.25, 0.3) is 0 Å². The number of nitrogens with zero attached hydrogens (tertiary/aromatic N) is 1. The molecule has 2 N–H and O–H groups in total. The van der Waals surface area contributed by atoms with Crippen molar-refractivity contribution in [2.75, 3.05) is 32.7 Å². The third-order valence-corrected chi connectivity index (χ3v) is 3.79. The summed E-state index contributed by atoms with van der Waals surface area (Å²) in [4.78, 5) is 2.44. The summed E-state index contributed by atoms with van der Waals surface area (Å²) in [6, 6.07) is 0. The molecule has 0 aromatic heterocycles. The summed E-state index contributed by atoms with van der Waals surface area (Å²) in [5.74, 6) is 0. The second-order valence-corrected chi connectivity index (χ2v) is 6.02. The SMILES string of the molecule is CC(C)(O)CN1CCC2(CCNCC2)C1. The number of nitrogens with one attached hydrogen (secondary N) is 1. The van der Waals surface area contributed by atoms with Gasteiger partial charge in [0.15, 0.2) is 0 Å². The van der Waals surface area contributed by atoms with E-state index >= 15 is 0 Å². The minimum atomic E-state index is -0.543. The van der Waals surface area contributed by atoms with Gasteiger partial charge in [0.1, 0.15) is 0 Å². The molecule has 2 rings (SSSR count). The third kappa shape index (κ3) is 2.92. The first-order valence-corrected chi connectivity index (χ1v) is 6.15. The van der Waals surface area contributed by atoms with E-state index in [1.807, 2.05) is 13.8 Å². The summed E-state index contributed by atoms with van der Waals surface area (Å²) >= 11 is 0. The predicted octanol–water partition coefficient (Wildman–Crippen LogP) is 0.833. The Morgan fingerprint density at radius 2 is 1.93 bits per heavy atom. The third-order valence-electron chi connectivity index (χ3n) is 3.79. The van der Waals surface area contributed by atoms with Gasteiger partial charge in [-0.15, -0.1) is 0 Å². The van der Waals surface area contributed by atoms with Crippen molar-refractivity contribution in [2.24, 2.45) is 5.41 Å². The Hall–Kier alpha value is -0.120. The van der Waals surface area contributed by atoms with Crippen LogP contribution >= 0.6 is 0 Å². The molecule has 0 atom stereocenters. The molecule has 0 unspecified atom stereocenters. The van der Waals surface area contributed by atoms with Crippen molar-refractivity contribution >= 4 is 0 Å². The van der Waals surface area contributed by atoms with Crippen LogP contribution in [-0.4, -0.2) is 48.3 Å². The van der Waals surface area contributed by atoms with Gasteiger partial charge in [0.2, 0.25) is 0 Å². The van der Waals surface area contributed by atoms with Crippen molar-refractivity contribution in [1.82, 2.24) is 10.2 Å². The molecule has 3 heteroatoms. The molecule has 0 radical (unpaired) electrons. The molecule has 2 heterocycles. The lowest BCUT2D eigenvalue weighted by atomic mass is 9.78. The number of rotatable bonds is 2. The van der Waals surface area contributed by atoms with Crippen molar-refractivity contribution in [2.45, 2.75) is 38.7 Å². The van der Waals surface area contributed by atoms with Gasteiger partial charge in [-0.05, 0) is 58.2 Å². The number of hydrogen-bond acceptors (Lipinski definition) is 3. The van der Waals surface area contributed by atoms with Crippen molar-refractivity contribution in [3.8, 4) is 0 Å². The van der Waals surface area contributed by atoms with E-state index in [4.69, 9.17) is 0 Å². The van der Waals surface area contributed by atoms with Crippen LogP contribution in [0.4, 0.5) is 0 Å². The second-order valence-electron chi connectivity index (χ2n) is 6.02. The van der Waals surface area contributed by atoms with Crippen LogP contribution in [0, 0.1) is 5.41 Å². The number of β-amino-alcohol motifs (C(OH)–C–C–N with tert-alkyl or cyclic N) is 1. The molecule has 3 nitrogen and oxygen atoms in total. The zero-order valence-electron chi connectivity index (χ0n) is 10.1. The first kappa shape index (κ1) is 11.4. The summed E-state index contributed by atoms with van der Waals surface area (Å²) in [7, 11) is 0. The number of piperidine rings is 1. The maximum Gasteiger partial charge on any atom is 0.0718 e. The van der Waals surface area contributed by atoms with Crippen molar-refractivity contribution in [3.63, 3.8) is 0 Å². The Balaban J connectivity index is 1.88. The minimum absolute atomic E-state index is 0.543. The van der Waals surface area contributed by atoms with E-state index in [1.54, 1.807) is 0 Å². The van der Waals surface area contributed by atoms with Gasteiger partial charge in [0, 0.05) is 13.1 Å². The molecule has 0 aromatic rings.